The molecule has 70 valence electrons. The second-order valence-corrected chi connectivity index (χ2v) is 3.63. The van der Waals surface area contributed by atoms with Gasteiger partial charge in [-0.2, -0.15) is 0 Å². The van der Waals surface area contributed by atoms with Crippen LogP contribution in [0.5, 0.6) is 0 Å². The van der Waals surface area contributed by atoms with Crippen LogP contribution in [0.1, 0.15) is 32.6 Å². The predicted octanol–water partition coefficient (Wildman–Crippen LogP) is 2.47. The van der Waals surface area contributed by atoms with E-state index in [2.05, 4.69) is 0 Å². The number of alkyl halides is 2. The van der Waals surface area contributed by atoms with Gasteiger partial charge >= 0.3 is 0 Å². The Morgan fingerprint density at radius 2 is 2.00 bits per heavy atom. The van der Waals surface area contributed by atoms with E-state index < -0.39 is 11.5 Å². The van der Waals surface area contributed by atoms with Gasteiger partial charge in [-0.1, -0.05) is 25.5 Å². The largest absolute Gasteiger partial charge is 0.322 e. The van der Waals surface area contributed by atoms with Crippen LogP contribution in [-0.4, -0.2) is 11.5 Å². The summed E-state index contributed by atoms with van der Waals surface area (Å²) in [4.78, 5) is 0. The fraction of sp³-hybridized carbons (Fsp3) is 0.778. The van der Waals surface area contributed by atoms with Crippen molar-refractivity contribution in [1.82, 2.24) is 0 Å². The molecule has 12 heavy (non-hydrogen) atoms. The molecule has 0 aromatic carbocycles. The van der Waals surface area contributed by atoms with Gasteiger partial charge in [0.05, 0.1) is 0 Å². The van der Waals surface area contributed by atoms with Crippen molar-refractivity contribution in [3.05, 3.63) is 12.2 Å². The van der Waals surface area contributed by atoms with Gasteiger partial charge in [0, 0.05) is 18.4 Å². The SMILES string of the molecule is CCC/C=C/C1(N)CC(F)(F)C1. The minimum absolute atomic E-state index is 0.194. The first-order valence-corrected chi connectivity index (χ1v) is 4.32. The summed E-state index contributed by atoms with van der Waals surface area (Å²) in [6.45, 7) is 2.04. The molecule has 0 heterocycles. The van der Waals surface area contributed by atoms with Gasteiger partial charge < -0.3 is 5.73 Å². The zero-order chi connectivity index (χ0) is 9.24. The Morgan fingerprint density at radius 1 is 1.42 bits per heavy atom. The summed E-state index contributed by atoms with van der Waals surface area (Å²) < 4.78 is 24.9. The van der Waals surface area contributed by atoms with E-state index in [-0.39, 0.29) is 12.8 Å². The fourth-order valence-electron chi connectivity index (χ4n) is 1.51. The van der Waals surface area contributed by atoms with Crippen molar-refractivity contribution in [1.29, 1.82) is 0 Å². The van der Waals surface area contributed by atoms with E-state index in [1.54, 1.807) is 6.08 Å². The van der Waals surface area contributed by atoms with Gasteiger partial charge in [0.1, 0.15) is 0 Å². The Bertz CT molecular complexity index is 179. The summed E-state index contributed by atoms with van der Waals surface area (Å²) in [6.07, 6.45) is 5.19. The highest BCUT2D eigenvalue weighted by molar-refractivity contribution is 5.15. The third-order valence-electron chi connectivity index (χ3n) is 2.08. The summed E-state index contributed by atoms with van der Waals surface area (Å²) in [5.74, 6) is -2.52. The standard InChI is InChI=1S/C9H15F2N/c1-2-3-4-5-8(12)6-9(10,11)7-8/h4-5H,2-3,6-7,12H2,1H3/b5-4+. The zero-order valence-corrected chi connectivity index (χ0v) is 7.32. The third-order valence-corrected chi connectivity index (χ3v) is 2.08. The zero-order valence-electron chi connectivity index (χ0n) is 7.32. The van der Waals surface area contributed by atoms with Gasteiger partial charge in [0.25, 0.3) is 5.92 Å². The lowest BCUT2D eigenvalue weighted by Crippen LogP contribution is -2.56. The lowest BCUT2D eigenvalue weighted by atomic mass is 9.74. The molecule has 0 amide bonds. The number of hydrogen-bond acceptors (Lipinski definition) is 1. The van der Waals surface area contributed by atoms with Gasteiger partial charge in [-0.3, -0.25) is 0 Å². The molecule has 0 saturated heterocycles. The maximum atomic E-state index is 12.4. The topological polar surface area (TPSA) is 26.0 Å². The Hall–Kier alpha value is -0.440. The molecule has 0 spiro atoms. The molecule has 0 aromatic rings. The van der Waals surface area contributed by atoms with Gasteiger partial charge in [-0.05, 0) is 6.42 Å². The number of unbranched alkanes of at least 4 members (excludes halogenated alkanes) is 1. The predicted molar refractivity (Wildman–Crippen MR) is 45.1 cm³/mol. The Morgan fingerprint density at radius 3 is 2.42 bits per heavy atom. The smallest absolute Gasteiger partial charge is 0.252 e. The van der Waals surface area contributed by atoms with Crippen molar-refractivity contribution in [3.63, 3.8) is 0 Å². The van der Waals surface area contributed by atoms with Crippen molar-refractivity contribution in [3.8, 4) is 0 Å². The summed E-state index contributed by atoms with van der Waals surface area (Å²) in [5.41, 5.74) is 4.93. The Labute approximate surface area is 71.6 Å². The first kappa shape index (κ1) is 9.65. The average Bonchev–Trinajstić information content (AvgIpc) is 1.83. The average molecular weight is 175 g/mol. The van der Waals surface area contributed by atoms with E-state index in [1.165, 1.54) is 0 Å². The normalized spacial score (nSPS) is 25.7. The first-order chi connectivity index (χ1) is 5.47. The Kier molecular flexibility index (Phi) is 2.52. The minimum Gasteiger partial charge on any atom is -0.322 e. The molecule has 1 fully saturated rings. The molecule has 0 bridgehead atoms. The van der Waals surface area contributed by atoms with E-state index in [4.69, 9.17) is 5.73 Å². The Balaban J connectivity index is 2.35. The number of nitrogens with two attached hydrogens (primary N) is 1. The lowest BCUT2D eigenvalue weighted by molar-refractivity contribution is -0.107. The summed E-state index contributed by atoms with van der Waals surface area (Å²) >= 11 is 0. The highest BCUT2D eigenvalue weighted by atomic mass is 19.3. The van der Waals surface area contributed by atoms with Crippen LogP contribution >= 0.6 is 0 Å². The van der Waals surface area contributed by atoms with Crippen LogP contribution in [0.2, 0.25) is 0 Å². The van der Waals surface area contributed by atoms with Gasteiger partial charge in [-0.15, -0.1) is 0 Å². The fourth-order valence-corrected chi connectivity index (χ4v) is 1.51. The molecule has 2 N–H and O–H groups in total. The molecule has 3 heteroatoms. The molecular formula is C9H15F2N. The van der Waals surface area contributed by atoms with Crippen molar-refractivity contribution < 1.29 is 8.78 Å². The van der Waals surface area contributed by atoms with Crippen molar-refractivity contribution in [2.75, 3.05) is 0 Å². The molecule has 1 aliphatic rings. The highest BCUT2D eigenvalue weighted by Gasteiger charge is 2.52. The van der Waals surface area contributed by atoms with Crippen LogP contribution in [0.3, 0.4) is 0 Å². The van der Waals surface area contributed by atoms with Crippen LogP contribution in [0.4, 0.5) is 8.78 Å². The van der Waals surface area contributed by atoms with E-state index in [1.807, 2.05) is 13.0 Å². The van der Waals surface area contributed by atoms with Crippen molar-refractivity contribution >= 4 is 0 Å². The van der Waals surface area contributed by atoms with E-state index in [9.17, 15) is 8.78 Å². The van der Waals surface area contributed by atoms with Crippen molar-refractivity contribution in [2.24, 2.45) is 5.73 Å². The maximum Gasteiger partial charge on any atom is 0.252 e. The van der Waals surface area contributed by atoms with Crippen LogP contribution in [-0.2, 0) is 0 Å². The third kappa shape index (κ3) is 2.27. The first-order valence-electron chi connectivity index (χ1n) is 4.32. The molecule has 0 radical (unpaired) electrons. The van der Waals surface area contributed by atoms with E-state index in [0.717, 1.165) is 12.8 Å². The molecule has 1 saturated carbocycles. The summed E-state index contributed by atoms with van der Waals surface area (Å²) in [5, 5.41) is 0. The second kappa shape index (κ2) is 3.13. The molecule has 1 rings (SSSR count). The van der Waals surface area contributed by atoms with Crippen LogP contribution in [0.15, 0.2) is 12.2 Å². The molecule has 0 atom stereocenters. The van der Waals surface area contributed by atoms with Crippen LogP contribution in [0, 0.1) is 0 Å². The van der Waals surface area contributed by atoms with Gasteiger partial charge in [-0.25, -0.2) is 8.78 Å². The lowest BCUT2D eigenvalue weighted by Gasteiger charge is -2.42. The quantitative estimate of drug-likeness (QED) is 0.655. The molecule has 0 aromatic heterocycles. The van der Waals surface area contributed by atoms with E-state index in [0.29, 0.717) is 0 Å². The number of rotatable bonds is 3. The molecular weight excluding hydrogens is 160 g/mol. The highest BCUT2D eigenvalue weighted by Crippen LogP contribution is 2.44. The van der Waals surface area contributed by atoms with Gasteiger partial charge in [0.15, 0.2) is 0 Å². The number of halogens is 2. The number of allylic oxidation sites excluding steroid dienone is 1. The summed E-state index contributed by atoms with van der Waals surface area (Å²) in [6, 6.07) is 0. The molecule has 1 aliphatic carbocycles. The van der Waals surface area contributed by atoms with E-state index >= 15 is 0 Å². The number of hydrogen-bond donors (Lipinski definition) is 1. The van der Waals surface area contributed by atoms with Crippen LogP contribution in [0.25, 0.3) is 0 Å². The summed E-state index contributed by atoms with van der Waals surface area (Å²) in [7, 11) is 0. The molecule has 0 unspecified atom stereocenters. The van der Waals surface area contributed by atoms with Crippen LogP contribution < -0.4 is 5.73 Å². The minimum atomic E-state index is -2.52. The molecule has 0 aliphatic heterocycles. The van der Waals surface area contributed by atoms with Crippen molar-refractivity contribution in [2.45, 2.75) is 44.1 Å². The monoisotopic (exact) mass is 175 g/mol. The second-order valence-electron chi connectivity index (χ2n) is 3.63. The van der Waals surface area contributed by atoms with Gasteiger partial charge in [0.2, 0.25) is 0 Å². The maximum absolute atomic E-state index is 12.4. The molecule has 1 nitrogen and oxygen atoms in total.